The third-order valence-electron chi connectivity index (χ3n) is 3.71. The molecule has 1 amide bonds. The third kappa shape index (κ3) is 4.54. The van der Waals surface area contributed by atoms with Crippen LogP contribution >= 0.6 is 11.6 Å². The molecule has 0 aliphatic carbocycles. The van der Waals surface area contributed by atoms with Crippen LogP contribution in [0.25, 0.3) is 0 Å². The Hall–Kier alpha value is -2.68. The van der Waals surface area contributed by atoms with E-state index in [4.69, 9.17) is 21.1 Å². The average Bonchev–Trinajstić information content (AvgIpc) is 2.82. The van der Waals surface area contributed by atoms with Gasteiger partial charge in [0.2, 0.25) is 5.91 Å². The highest BCUT2D eigenvalue weighted by molar-refractivity contribution is 6.30. The van der Waals surface area contributed by atoms with E-state index in [0.29, 0.717) is 47.2 Å². The number of nitrogens with zero attached hydrogens (tertiary/aromatic N) is 1. The number of halogens is 4. The summed E-state index contributed by atoms with van der Waals surface area (Å²) in [6, 6.07) is 5.25. The summed E-state index contributed by atoms with van der Waals surface area (Å²) in [6.45, 7) is 0.345. The molecule has 0 unspecified atom stereocenters. The van der Waals surface area contributed by atoms with E-state index in [9.17, 15) is 22.8 Å². The summed E-state index contributed by atoms with van der Waals surface area (Å²) in [5, 5.41) is 1.89. The van der Waals surface area contributed by atoms with E-state index in [2.05, 4.69) is 5.32 Å². The fourth-order valence-corrected chi connectivity index (χ4v) is 2.69. The summed E-state index contributed by atoms with van der Waals surface area (Å²) < 4.78 is 50.2. The highest BCUT2D eigenvalue weighted by Crippen LogP contribution is 2.32. The van der Waals surface area contributed by atoms with Gasteiger partial charge in [0.15, 0.2) is 11.5 Å². The number of hydrogen-bond acceptors (Lipinski definition) is 4. The van der Waals surface area contributed by atoms with E-state index in [0.717, 1.165) is 6.42 Å². The second kappa shape index (κ2) is 7.51. The van der Waals surface area contributed by atoms with Crippen LogP contribution < -0.4 is 20.3 Å². The van der Waals surface area contributed by atoms with Gasteiger partial charge < -0.3 is 19.4 Å². The Kier molecular flexibility index (Phi) is 5.31. The highest BCUT2D eigenvalue weighted by atomic mass is 35.5. The van der Waals surface area contributed by atoms with Gasteiger partial charge in [-0.2, -0.15) is 13.2 Å². The molecule has 1 aliphatic rings. The lowest BCUT2D eigenvalue weighted by atomic mass is 10.2. The number of ether oxygens (including phenoxy) is 2. The molecule has 2 aromatic rings. The number of amides is 1. The number of hydrogen-bond donors (Lipinski definition) is 1. The molecule has 0 spiro atoms. The first-order chi connectivity index (χ1) is 12.7. The van der Waals surface area contributed by atoms with Crippen LogP contribution in [-0.4, -0.2) is 23.7 Å². The first kappa shape index (κ1) is 19.1. The molecule has 0 bridgehead atoms. The van der Waals surface area contributed by atoms with Crippen molar-refractivity contribution < 1.29 is 27.4 Å². The van der Waals surface area contributed by atoms with Crippen LogP contribution in [0, 0.1) is 0 Å². The predicted molar refractivity (Wildman–Crippen MR) is 91.4 cm³/mol. The number of benzene rings is 1. The molecule has 1 aliphatic heterocycles. The summed E-state index contributed by atoms with van der Waals surface area (Å²) in [6.07, 6.45) is -3.42. The van der Waals surface area contributed by atoms with Crippen LogP contribution in [0.4, 0.5) is 18.9 Å². The standard InChI is InChI=1S/C17H14ClF3N2O4/c18-12-6-10(17(19,20)21)8-23(16(12)25)9-15(24)22-11-2-3-13-14(7-11)27-5-1-4-26-13/h2-3,6-8H,1,4-5,9H2,(H,22,24). The molecule has 0 saturated heterocycles. The van der Waals surface area contributed by atoms with E-state index in [1.54, 1.807) is 18.2 Å². The lowest BCUT2D eigenvalue weighted by Crippen LogP contribution is -2.29. The SMILES string of the molecule is O=C(Cn1cc(C(F)(F)F)cc(Cl)c1=O)Nc1ccc2c(c1)OCCCO2. The maximum atomic E-state index is 12.9. The number of alkyl halides is 3. The zero-order valence-electron chi connectivity index (χ0n) is 13.8. The number of carbonyl (C=O) groups excluding carboxylic acids is 1. The molecule has 6 nitrogen and oxygen atoms in total. The van der Waals surface area contributed by atoms with Crippen LogP contribution in [-0.2, 0) is 17.5 Å². The van der Waals surface area contributed by atoms with Crippen molar-refractivity contribution >= 4 is 23.2 Å². The maximum absolute atomic E-state index is 12.9. The van der Waals surface area contributed by atoms with Gasteiger partial charge in [0.1, 0.15) is 11.6 Å². The minimum Gasteiger partial charge on any atom is -0.490 e. The zero-order chi connectivity index (χ0) is 19.6. The minimum atomic E-state index is -4.69. The quantitative estimate of drug-likeness (QED) is 0.855. The van der Waals surface area contributed by atoms with Crippen molar-refractivity contribution in [2.24, 2.45) is 0 Å². The Balaban J connectivity index is 1.78. The number of fused-ring (bicyclic) bond motifs is 1. The monoisotopic (exact) mass is 402 g/mol. The van der Waals surface area contributed by atoms with Gasteiger partial charge in [-0.25, -0.2) is 0 Å². The third-order valence-corrected chi connectivity index (χ3v) is 3.99. The van der Waals surface area contributed by atoms with Crippen molar-refractivity contribution in [2.45, 2.75) is 19.1 Å². The molecule has 1 aromatic carbocycles. The molecule has 2 heterocycles. The second-order valence-electron chi connectivity index (χ2n) is 5.77. The number of aromatic nitrogens is 1. The molecule has 3 rings (SSSR count). The fourth-order valence-electron chi connectivity index (χ4n) is 2.47. The molecule has 10 heteroatoms. The van der Waals surface area contributed by atoms with Crippen molar-refractivity contribution in [3.8, 4) is 11.5 Å². The number of nitrogens with one attached hydrogen (secondary N) is 1. The number of rotatable bonds is 3. The van der Waals surface area contributed by atoms with Gasteiger partial charge in [-0.1, -0.05) is 11.6 Å². The van der Waals surface area contributed by atoms with Crippen molar-refractivity contribution in [1.29, 1.82) is 0 Å². The lowest BCUT2D eigenvalue weighted by Gasteiger charge is -2.13. The van der Waals surface area contributed by atoms with E-state index in [-0.39, 0.29) is 0 Å². The van der Waals surface area contributed by atoms with Gasteiger partial charge in [0.25, 0.3) is 5.56 Å². The summed E-state index contributed by atoms with van der Waals surface area (Å²) in [4.78, 5) is 24.1. The smallest absolute Gasteiger partial charge is 0.417 e. The second-order valence-corrected chi connectivity index (χ2v) is 6.17. The molecule has 1 N–H and O–H groups in total. The molecule has 0 fully saturated rings. The van der Waals surface area contributed by atoms with Crippen molar-refractivity contribution in [3.63, 3.8) is 0 Å². The molecule has 27 heavy (non-hydrogen) atoms. The predicted octanol–water partition coefficient (Wildman–Crippen LogP) is 3.32. The largest absolute Gasteiger partial charge is 0.490 e. The maximum Gasteiger partial charge on any atom is 0.417 e. The van der Waals surface area contributed by atoms with Crippen molar-refractivity contribution in [2.75, 3.05) is 18.5 Å². The summed E-state index contributed by atoms with van der Waals surface area (Å²) in [7, 11) is 0. The minimum absolute atomic E-state index is 0.357. The molecule has 0 radical (unpaired) electrons. The average molecular weight is 403 g/mol. The highest BCUT2D eigenvalue weighted by Gasteiger charge is 2.32. The first-order valence-corrected chi connectivity index (χ1v) is 8.28. The summed E-state index contributed by atoms with van der Waals surface area (Å²) in [5.41, 5.74) is -1.65. The van der Waals surface area contributed by atoms with Crippen LogP contribution in [0.2, 0.25) is 5.02 Å². The van der Waals surface area contributed by atoms with Crippen LogP contribution in [0.1, 0.15) is 12.0 Å². The molecule has 0 saturated carbocycles. The lowest BCUT2D eigenvalue weighted by molar-refractivity contribution is -0.138. The Morgan fingerprint density at radius 2 is 1.89 bits per heavy atom. The number of carbonyl (C=O) groups is 1. The van der Waals surface area contributed by atoms with Gasteiger partial charge in [-0.05, 0) is 18.2 Å². The van der Waals surface area contributed by atoms with Crippen molar-refractivity contribution in [1.82, 2.24) is 4.57 Å². The van der Waals surface area contributed by atoms with Gasteiger partial charge in [-0.15, -0.1) is 0 Å². The fraction of sp³-hybridized carbons (Fsp3) is 0.294. The molecule has 0 atom stereocenters. The van der Waals surface area contributed by atoms with E-state index in [1.165, 1.54) is 0 Å². The Bertz CT molecular complexity index is 927. The van der Waals surface area contributed by atoms with Crippen LogP contribution in [0.5, 0.6) is 11.5 Å². The van der Waals surface area contributed by atoms with E-state index >= 15 is 0 Å². The van der Waals surface area contributed by atoms with Crippen LogP contribution in [0.3, 0.4) is 0 Å². The number of anilines is 1. The summed E-state index contributed by atoms with van der Waals surface area (Å²) >= 11 is 5.57. The first-order valence-electron chi connectivity index (χ1n) is 7.91. The molecular formula is C17H14ClF3N2O4. The Morgan fingerprint density at radius 3 is 2.59 bits per heavy atom. The van der Waals surface area contributed by atoms with E-state index < -0.39 is 34.8 Å². The van der Waals surface area contributed by atoms with Crippen LogP contribution in [0.15, 0.2) is 35.3 Å². The van der Waals surface area contributed by atoms with Crippen molar-refractivity contribution in [3.05, 3.63) is 51.4 Å². The Labute approximate surface area is 156 Å². The van der Waals surface area contributed by atoms with Gasteiger partial charge in [-0.3, -0.25) is 9.59 Å². The van der Waals surface area contributed by atoms with Gasteiger partial charge in [0.05, 0.1) is 18.8 Å². The zero-order valence-corrected chi connectivity index (χ0v) is 14.6. The topological polar surface area (TPSA) is 69.6 Å². The normalized spacial score (nSPS) is 13.8. The Morgan fingerprint density at radius 1 is 1.19 bits per heavy atom. The molecular weight excluding hydrogens is 389 g/mol. The van der Waals surface area contributed by atoms with Gasteiger partial charge in [0, 0.05) is 24.4 Å². The number of pyridine rings is 1. The van der Waals surface area contributed by atoms with Gasteiger partial charge >= 0.3 is 6.18 Å². The molecule has 144 valence electrons. The summed E-state index contributed by atoms with van der Waals surface area (Å²) in [5.74, 6) is 0.290. The van der Waals surface area contributed by atoms with E-state index in [1.807, 2.05) is 0 Å². The molecule has 1 aromatic heterocycles.